The zero-order valence-corrected chi connectivity index (χ0v) is 10.7. The fraction of sp³-hybridized carbons (Fsp3) is 0.846. The van der Waals surface area contributed by atoms with Gasteiger partial charge in [0.15, 0.2) is 0 Å². The third-order valence-corrected chi connectivity index (χ3v) is 4.45. The molecular weight excluding hydrogens is 212 g/mol. The Morgan fingerprint density at radius 2 is 2.18 bits per heavy atom. The molecule has 4 heteroatoms. The molecule has 4 nitrogen and oxygen atoms in total. The first-order chi connectivity index (χ1) is 8.30. The van der Waals surface area contributed by atoms with E-state index in [-0.39, 0.29) is 5.41 Å². The summed E-state index contributed by atoms with van der Waals surface area (Å²) in [5.74, 6) is 1.20. The SMILES string of the molecule is CC1(c2nncn2C2CCCCC2)CCNC1. The molecule has 2 aliphatic rings. The summed E-state index contributed by atoms with van der Waals surface area (Å²) in [4.78, 5) is 0. The van der Waals surface area contributed by atoms with Gasteiger partial charge in [-0.1, -0.05) is 26.2 Å². The Morgan fingerprint density at radius 1 is 1.35 bits per heavy atom. The van der Waals surface area contributed by atoms with Crippen molar-refractivity contribution in [3.63, 3.8) is 0 Å². The lowest BCUT2D eigenvalue weighted by Crippen LogP contribution is -2.30. The minimum atomic E-state index is 0.188. The van der Waals surface area contributed by atoms with E-state index in [1.807, 2.05) is 6.33 Å². The minimum absolute atomic E-state index is 0.188. The Labute approximate surface area is 103 Å². The van der Waals surface area contributed by atoms with Crippen LogP contribution >= 0.6 is 0 Å². The summed E-state index contributed by atoms with van der Waals surface area (Å²) in [7, 11) is 0. The molecule has 1 aliphatic heterocycles. The molecule has 1 N–H and O–H groups in total. The zero-order chi connectivity index (χ0) is 11.7. The van der Waals surface area contributed by atoms with Crippen LogP contribution in [-0.4, -0.2) is 27.9 Å². The normalized spacial score (nSPS) is 30.9. The quantitative estimate of drug-likeness (QED) is 0.851. The highest BCUT2D eigenvalue weighted by atomic mass is 15.3. The van der Waals surface area contributed by atoms with Gasteiger partial charge in [0.25, 0.3) is 0 Å². The van der Waals surface area contributed by atoms with Gasteiger partial charge in [-0.2, -0.15) is 0 Å². The summed E-state index contributed by atoms with van der Waals surface area (Å²) in [6.07, 6.45) is 9.84. The number of nitrogens with one attached hydrogen (secondary N) is 1. The van der Waals surface area contributed by atoms with E-state index in [0.29, 0.717) is 6.04 Å². The van der Waals surface area contributed by atoms with E-state index in [1.54, 1.807) is 0 Å². The first kappa shape index (κ1) is 11.2. The number of hydrogen-bond acceptors (Lipinski definition) is 3. The molecule has 1 aliphatic carbocycles. The number of nitrogens with zero attached hydrogens (tertiary/aromatic N) is 3. The first-order valence-corrected chi connectivity index (χ1v) is 6.90. The smallest absolute Gasteiger partial charge is 0.140 e. The number of rotatable bonds is 2. The van der Waals surface area contributed by atoms with Crippen LogP contribution in [0.25, 0.3) is 0 Å². The lowest BCUT2D eigenvalue weighted by molar-refractivity contribution is 0.325. The van der Waals surface area contributed by atoms with Gasteiger partial charge >= 0.3 is 0 Å². The number of aromatic nitrogens is 3. The number of hydrogen-bond donors (Lipinski definition) is 1. The van der Waals surface area contributed by atoms with Crippen molar-refractivity contribution in [3.05, 3.63) is 12.2 Å². The molecule has 1 aromatic heterocycles. The summed E-state index contributed by atoms with van der Waals surface area (Å²) in [6.45, 7) is 4.46. The van der Waals surface area contributed by atoms with Gasteiger partial charge in [0.2, 0.25) is 0 Å². The molecule has 17 heavy (non-hydrogen) atoms. The Kier molecular flexibility index (Phi) is 2.90. The lowest BCUT2D eigenvalue weighted by Gasteiger charge is -2.29. The second-order valence-corrected chi connectivity index (χ2v) is 5.84. The summed E-state index contributed by atoms with van der Waals surface area (Å²) >= 11 is 0. The van der Waals surface area contributed by atoms with Crippen molar-refractivity contribution >= 4 is 0 Å². The van der Waals surface area contributed by atoms with Gasteiger partial charge in [-0.25, -0.2) is 0 Å². The van der Waals surface area contributed by atoms with Crippen LogP contribution in [0.3, 0.4) is 0 Å². The van der Waals surface area contributed by atoms with Crippen LogP contribution in [-0.2, 0) is 5.41 Å². The molecule has 1 aromatic rings. The van der Waals surface area contributed by atoms with Gasteiger partial charge in [-0.05, 0) is 25.8 Å². The average molecular weight is 234 g/mol. The van der Waals surface area contributed by atoms with Gasteiger partial charge in [-0.3, -0.25) is 0 Å². The van der Waals surface area contributed by atoms with Crippen molar-refractivity contribution in [1.29, 1.82) is 0 Å². The maximum atomic E-state index is 4.42. The topological polar surface area (TPSA) is 42.7 Å². The molecule has 0 bridgehead atoms. The molecule has 3 rings (SSSR count). The molecule has 0 radical (unpaired) electrons. The summed E-state index contributed by atoms with van der Waals surface area (Å²) in [6, 6.07) is 0.645. The third-order valence-electron chi connectivity index (χ3n) is 4.45. The molecule has 0 amide bonds. The monoisotopic (exact) mass is 234 g/mol. The van der Waals surface area contributed by atoms with Crippen molar-refractivity contribution in [2.45, 2.75) is 56.9 Å². The zero-order valence-electron chi connectivity index (χ0n) is 10.7. The lowest BCUT2D eigenvalue weighted by atomic mass is 9.87. The van der Waals surface area contributed by atoms with E-state index in [0.717, 1.165) is 13.1 Å². The van der Waals surface area contributed by atoms with Gasteiger partial charge in [0.1, 0.15) is 12.2 Å². The van der Waals surface area contributed by atoms with E-state index in [4.69, 9.17) is 0 Å². The van der Waals surface area contributed by atoms with Gasteiger partial charge in [0.05, 0.1) is 0 Å². The van der Waals surface area contributed by atoms with E-state index < -0.39 is 0 Å². The van der Waals surface area contributed by atoms with Crippen molar-refractivity contribution < 1.29 is 0 Å². The van der Waals surface area contributed by atoms with Crippen LogP contribution in [0.5, 0.6) is 0 Å². The average Bonchev–Trinajstić information content (AvgIpc) is 2.99. The highest BCUT2D eigenvalue weighted by Crippen LogP contribution is 2.34. The molecule has 2 fully saturated rings. The van der Waals surface area contributed by atoms with Crippen LogP contribution in [0.1, 0.15) is 57.3 Å². The van der Waals surface area contributed by atoms with E-state index >= 15 is 0 Å². The van der Waals surface area contributed by atoms with Crippen molar-refractivity contribution in [3.8, 4) is 0 Å². The second-order valence-electron chi connectivity index (χ2n) is 5.84. The fourth-order valence-corrected chi connectivity index (χ4v) is 3.31. The predicted molar refractivity (Wildman–Crippen MR) is 67.0 cm³/mol. The maximum absolute atomic E-state index is 4.42. The standard InChI is InChI=1S/C13H22N4/c1-13(7-8-14-9-13)12-16-15-10-17(12)11-5-3-2-4-6-11/h10-11,14H,2-9H2,1H3. The molecule has 0 spiro atoms. The van der Waals surface area contributed by atoms with Crippen LogP contribution < -0.4 is 5.32 Å². The summed E-state index contributed by atoms with van der Waals surface area (Å²) in [5.41, 5.74) is 0.188. The van der Waals surface area contributed by atoms with E-state index in [2.05, 4.69) is 27.0 Å². The highest BCUT2D eigenvalue weighted by Gasteiger charge is 2.36. The maximum Gasteiger partial charge on any atom is 0.140 e. The minimum Gasteiger partial charge on any atom is -0.316 e. The van der Waals surface area contributed by atoms with Gasteiger partial charge in [-0.15, -0.1) is 10.2 Å². The Morgan fingerprint density at radius 3 is 2.88 bits per heavy atom. The van der Waals surface area contributed by atoms with Gasteiger partial charge in [0, 0.05) is 18.0 Å². The molecule has 1 unspecified atom stereocenters. The van der Waals surface area contributed by atoms with Crippen molar-refractivity contribution in [1.82, 2.24) is 20.1 Å². The fourth-order valence-electron chi connectivity index (χ4n) is 3.31. The molecule has 94 valence electrons. The molecule has 0 aromatic carbocycles. The molecule has 1 atom stereocenters. The highest BCUT2D eigenvalue weighted by molar-refractivity contribution is 5.11. The van der Waals surface area contributed by atoms with Gasteiger partial charge < -0.3 is 9.88 Å². The van der Waals surface area contributed by atoms with E-state index in [1.165, 1.54) is 44.3 Å². The van der Waals surface area contributed by atoms with Crippen LogP contribution in [0.15, 0.2) is 6.33 Å². The first-order valence-electron chi connectivity index (χ1n) is 6.90. The van der Waals surface area contributed by atoms with Crippen molar-refractivity contribution in [2.24, 2.45) is 0 Å². The Balaban J connectivity index is 1.87. The summed E-state index contributed by atoms with van der Waals surface area (Å²) < 4.78 is 2.37. The molecular formula is C13H22N4. The van der Waals surface area contributed by atoms with Crippen LogP contribution in [0, 0.1) is 0 Å². The Hall–Kier alpha value is -0.900. The Bertz CT molecular complexity index is 373. The third kappa shape index (κ3) is 1.99. The predicted octanol–water partition coefficient (Wildman–Crippen LogP) is 2.03. The van der Waals surface area contributed by atoms with Crippen molar-refractivity contribution in [2.75, 3.05) is 13.1 Å². The largest absolute Gasteiger partial charge is 0.316 e. The molecule has 1 saturated carbocycles. The van der Waals surface area contributed by atoms with Crippen LogP contribution in [0.4, 0.5) is 0 Å². The van der Waals surface area contributed by atoms with Crippen LogP contribution in [0.2, 0.25) is 0 Å². The molecule has 2 heterocycles. The van der Waals surface area contributed by atoms with E-state index in [9.17, 15) is 0 Å². The second kappa shape index (κ2) is 4.41. The summed E-state index contributed by atoms with van der Waals surface area (Å²) in [5, 5.41) is 12.0. The molecule has 1 saturated heterocycles.